The molecule has 0 atom stereocenters. The molecule has 0 rings (SSSR count). The summed E-state index contributed by atoms with van der Waals surface area (Å²) in [6.45, 7) is 6.61. The van der Waals surface area contributed by atoms with E-state index in [4.69, 9.17) is 0 Å². The summed E-state index contributed by atoms with van der Waals surface area (Å²) in [6, 6.07) is 2.82. The van der Waals surface area contributed by atoms with Gasteiger partial charge in [-0.25, -0.2) is 0 Å². The Hall–Kier alpha value is 0.147. The van der Waals surface area contributed by atoms with E-state index >= 15 is 0 Å². The van der Waals surface area contributed by atoms with Crippen LogP contribution in [0.4, 0.5) is 4.11 Å². The van der Waals surface area contributed by atoms with E-state index in [0.717, 1.165) is 37.4 Å². The van der Waals surface area contributed by atoms with Gasteiger partial charge in [0.25, 0.3) is 0 Å². The van der Waals surface area contributed by atoms with Gasteiger partial charge >= 0.3 is 0 Å². The molecular formula is C15H33FSi. The molecule has 0 saturated heterocycles. The Kier molecular flexibility index (Phi) is 11.3. The van der Waals surface area contributed by atoms with E-state index in [-0.39, 0.29) is 0 Å². The molecule has 0 amide bonds. The van der Waals surface area contributed by atoms with E-state index in [1.165, 1.54) is 38.5 Å². The molecule has 0 nitrogen and oxygen atoms in total. The van der Waals surface area contributed by atoms with Gasteiger partial charge in [0.05, 0.1) is 0 Å². The quantitative estimate of drug-likeness (QED) is 0.214. The summed E-state index contributed by atoms with van der Waals surface area (Å²) >= 11 is 0. The van der Waals surface area contributed by atoms with Crippen molar-refractivity contribution >= 4 is 8.41 Å². The van der Waals surface area contributed by atoms with Gasteiger partial charge in [0.2, 0.25) is 8.41 Å². The third-order valence-corrected chi connectivity index (χ3v) is 7.43. The summed E-state index contributed by atoms with van der Waals surface area (Å²) in [7, 11) is -2.36. The van der Waals surface area contributed by atoms with Crippen LogP contribution in [0.5, 0.6) is 0 Å². The first kappa shape index (κ1) is 17.1. The van der Waals surface area contributed by atoms with Gasteiger partial charge in [0.15, 0.2) is 0 Å². The molecule has 17 heavy (non-hydrogen) atoms. The smallest absolute Gasteiger partial charge is 0.247 e. The zero-order chi connectivity index (χ0) is 13.0. The van der Waals surface area contributed by atoms with Crippen LogP contribution in [0.2, 0.25) is 18.1 Å². The highest BCUT2D eigenvalue weighted by Crippen LogP contribution is 2.30. The zero-order valence-corrected chi connectivity index (χ0v) is 13.4. The van der Waals surface area contributed by atoms with Crippen molar-refractivity contribution in [2.24, 2.45) is 0 Å². The minimum Gasteiger partial charge on any atom is -0.314 e. The molecule has 0 radical (unpaired) electrons. The van der Waals surface area contributed by atoms with Gasteiger partial charge in [-0.15, -0.1) is 0 Å². The molecule has 0 aliphatic heterocycles. The maximum absolute atomic E-state index is 14.9. The summed E-state index contributed by atoms with van der Waals surface area (Å²) < 4.78 is 14.9. The van der Waals surface area contributed by atoms with Crippen molar-refractivity contribution in [2.75, 3.05) is 0 Å². The fourth-order valence-electron chi connectivity index (χ4n) is 2.45. The van der Waals surface area contributed by atoms with Crippen molar-refractivity contribution in [3.8, 4) is 0 Å². The predicted octanol–water partition coefficient (Wildman–Crippen LogP) is 6.47. The fraction of sp³-hybridized carbons (Fsp3) is 1.00. The highest BCUT2D eigenvalue weighted by atomic mass is 28.4. The van der Waals surface area contributed by atoms with Crippen LogP contribution in [-0.2, 0) is 0 Å². The molecule has 0 aliphatic rings. The van der Waals surface area contributed by atoms with Crippen molar-refractivity contribution < 1.29 is 4.11 Å². The SMILES string of the molecule is CCCCC[Si](F)(CCCCC)CCCCC. The molecule has 0 aromatic carbocycles. The van der Waals surface area contributed by atoms with Crippen molar-refractivity contribution in [2.45, 2.75) is 96.7 Å². The number of unbranched alkanes of at least 4 members (excludes halogenated alkanes) is 6. The van der Waals surface area contributed by atoms with Crippen molar-refractivity contribution in [1.29, 1.82) is 0 Å². The first-order valence-corrected chi connectivity index (χ1v) is 10.4. The van der Waals surface area contributed by atoms with E-state index in [2.05, 4.69) is 20.8 Å². The van der Waals surface area contributed by atoms with Gasteiger partial charge < -0.3 is 4.11 Å². The number of hydrogen-bond acceptors (Lipinski definition) is 0. The van der Waals surface area contributed by atoms with Crippen molar-refractivity contribution in [1.82, 2.24) is 0 Å². The predicted molar refractivity (Wildman–Crippen MR) is 79.9 cm³/mol. The lowest BCUT2D eigenvalue weighted by atomic mass is 10.3. The molecule has 0 bridgehead atoms. The van der Waals surface area contributed by atoms with Gasteiger partial charge in [-0.05, 0) is 18.1 Å². The second kappa shape index (κ2) is 11.2. The highest BCUT2D eigenvalue weighted by Gasteiger charge is 2.31. The Labute approximate surface area is 110 Å². The van der Waals surface area contributed by atoms with Gasteiger partial charge in [0, 0.05) is 0 Å². The van der Waals surface area contributed by atoms with Crippen LogP contribution in [0.3, 0.4) is 0 Å². The minimum absolute atomic E-state index is 0.939. The summed E-state index contributed by atoms with van der Waals surface area (Å²) in [5, 5.41) is 0. The standard InChI is InChI=1S/C15H33FSi/c1-4-7-10-13-17(16,14-11-8-5-2)15-12-9-6-3/h4-15H2,1-3H3. The Balaban J connectivity index is 3.95. The van der Waals surface area contributed by atoms with Crippen LogP contribution >= 0.6 is 0 Å². The molecule has 0 aromatic heterocycles. The van der Waals surface area contributed by atoms with Crippen LogP contribution in [0.25, 0.3) is 0 Å². The Morgan fingerprint density at radius 1 is 0.588 bits per heavy atom. The molecule has 0 aliphatic carbocycles. The normalized spacial score (nSPS) is 12.0. The lowest BCUT2D eigenvalue weighted by molar-refractivity contribution is 0.642. The van der Waals surface area contributed by atoms with Crippen molar-refractivity contribution in [3.05, 3.63) is 0 Å². The van der Waals surface area contributed by atoms with E-state index in [1.807, 2.05) is 0 Å². The molecule has 0 heterocycles. The van der Waals surface area contributed by atoms with E-state index in [0.29, 0.717) is 0 Å². The molecule has 0 saturated carbocycles. The van der Waals surface area contributed by atoms with Crippen LogP contribution in [-0.4, -0.2) is 8.41 Å². The zero-order valence-electron chi connectivity index (χ0n) is 12.4. The maximum Gasteiger partial charge on any atom is 0.247 e. The highest BCUT2D eigenvalue weighted by molar-refractivity contribution is 6.73. The molecule has 104 valence electrons. The first-order chi connectivity index (χ1) is 8.18. The van der Waals surface area contributed by atoms with E-state index in [1.54, 1.807) is 0 Å². The Morgan fingerprint density at radius 3 is 1.12 bits per heavy atom. The van der Waals surface area contributed by atoms with Crippen LogP contribution in [0, 0.1) is 0 Å². The number of halogens is 1. The topological polar surface area (TPSA) is 0 Å². The van der Waals surface area contributed by atoms with Gasteiger partial charge in [-0.3, -0.25) is 0 Å². The fourth-order valence-corrected chi connectivity index (χ4v) is 5.85. The lowest BCUT2D eigenvalue weighted by Crippen LogP contribution is -2.28. The largest absolute Gasteiger partial charge is 0.314 e. The van der Waals surface area contributed by atoms with E-state index < -0.39 is 8.41 Å². The summed E-state index contributed by atoms with van der Waals surface area (Å²) in [6.07, 6.45) is 10.7. The minimum atomic E-state index is -2.36. The first-order valence-electron chi connectivity index (χ1n) is 7.87. The van der Waals surface area contributed by atoms with Crippen LogP contribution < -0.4 is 0 Å². The average Bonchev–Trinajstić information content (AvgIpc) is 2.30. The van der Waals surface area contributed by atoms with Crippen LogP contribution in [0.1, 0.15) is 78.6 Å². The van der Waals surface area contributed by atoms with E-state index in [9.17, 15) is 4.11 Å². The lowest BCUT2D eigenvalue weighted by Gasteiger charge is -2.22. The van der Waals surface area contributed by atoms with Crippen molar-refractivity contribution in [3.63, 3.8) is 0 Å². The Bertz CT molecular complexity index is 132. The summed E-state index contributed by atoms with van der Waals surface area (Å²) in [5.74, 6) is 0. The van der Waals surface area contributed by atoms with Gasteiger partial charge in [0.1, 0.15) is 0 Å². The molecule has 0 unspecified atom stereocenters. The second-order valence-electron chi connectivity index (χ2n) is 5.52. The monoisotopic (exact) mass is 260 g/mol. The molecule has 0 aromatic rings. The second-order valence-corrected chi connectivity index (χ2v) is 9.32. The number of hydrogen-bond donors (Lipinski definition) is 0. The summed E-state index contributed by atoms with van der Waals surface area (Å²) in [5.41, 5.74) is 0. The molecule has 2 heteroatoms. The Morgan fingerprint density at radius 2 is 0.882 bits per heavy atom. The van der Waals surface area contributed by atoms with Gasteiger partial charge in [-0.1, -0.05) is 78.6 Å². The van der Waals surface area contributed by atoms with Gasteiger partial charge in [-0.2, -0.15) is 0 Å². The van der Waals surface area contributed by atoms with Crippen LogP contribution in [0.15, 0.2) is 0 Å². The molecule has 0 spiro atoms. The maximum atomic E-state index is 14.9. The summed E-state index contributed by atoms with van der Waals surface area (Å²) in [4.78, 5) is 0. The third kappa shape index (κ3) is 9.81. The molecule has 0 fully saturated rings. The molecular weight excluding hydrogens is 227 g/mol. The number of rotatable bonds is 12. The molecule has 0 N–H and O–H groups in total. The average molecular weight is 261 g/mol. The third-order valence-electron chi connectivity index (χ3n) is 3.69.